The molecule has 1 aromatic carbocycles. The Morgan fingerprint density at radius 2 is 1.92 bits per heavy atom. The third-order valence-corrected chi connectivity index (χ3v) is 3.50. The highest BCUT2D eigenvalue weighted by atomic mass is 19.1. The van der Waals surface area contributed by atoms with Crippen molar-refractivity contribution in [2.45, 2.75) is 39.7 Å². The molecule has 132 valence electrons. The summed E-state index contributed by atoms with van der Waals surface area (Å²) in [5.41, 5.74) is 6.68. The number of carbonyl (C=O) groups excluding carboxylic acids is 2. The van der Waals surface area contributed by atoms with Gasteiger partial charge in [0.2, 0.25) is 0 Å². The summed E-state index contributed by atoms with van der Waals surface area (Å²) < 4.78 is 18.6. The number of carbonyl (C=O) groups is 2. The Labute approximate surface area is 146 Å². The minimum atomic E-state index is -0.678. The first-order valence-electron chi connectivity index (χ1n) is 7.84. The van der Waals surface area contributed by atoms with Crippen LogP contribution < -0.4 is 5.73 Å². The smallest absolute Gasteiger partial charge is 0.359 e. The van der Waals surface area contributed by atoms with E-state index in [1.807, 2.05) is 0 Å². The topological polar surface area (TPSA) is 82.3 Å². The second-order valence-electron chi connectivity index (χ2n) is 6.80. The molecule has 0 radical (unpaired) electrons. The molecule has 0 saturated carbocycles. The Morgan fingerprint density at radius 3 is 2.52 bits per heavy atom. The molecule has 0 fully saturated rings. The van der Waals surface area contributed by atoms with E-state index < -0.39 is 11.6 Å². The monoisotopic (exact) mass is 344 g/mol. The molecule has 2 rings (SSSR count). The number of hydrogen-bond donors (Lipinski definition) is 1. The van der Waals surface area contributed by atoms with Crippen molar-refractivity contribution >= 4 is 17.4 Å². The van der Waals surface area contributed by atoms with Crippen molar-refractivity contribution in [1.29, 1.82) is 0 Å². The quantitative estimate of drug-likeness (QED) is 0.678. The SMILES string of the molecule is Cc1cc(C(=O)Cc2ccnc(C(=O)OC(C)(C)C)c2N)ccc1F. The molecule has 0 unspecified atom stereocenters. The van der Waals surface area contributed by atoms with Crippen LogP contribution in [0.2, 0.25) is 0 Å². The van der Waals surface area contributed by atoms with Crippen LogP contribution in [0.3, 0.4) is 0 Å². The van der Waals surface area contributed by atoms with E-state index in [0.29, 0.717) is 16.7 Å². The van der Waals surface area contributed by atoms with E-state index >= 15 is 0 Å². The Morgan fingerprint density at radius 1 is 1.24 bits per heavy atom. The van der Waals surface area contributed by atoms with E-state index in [1.54, 1.807) is 33.8 Å². The normalized spacial score (nSPS) is 11.2. The zero-order chi connectivity index (χ0) is 18.8. The predicted octanol–water partition coefficient (Wildman–Crippen LogP) is 3.49. The molecule has 0 bridgehead atoms. The Kier molecular flexibility index (Phi) is 5.21. The molecule has 0 saturated heterocycles. The van der Waals surface area contributed by atoms with Gasteiger partial charge in [-0.3, -0.25) is 4.79 Å². The number of pyridine rings is 1. The van der Waals surface area contributed by atoms with E-state index in [0.717, 1.165) is 0 Å². The molecule has 6 heteroatoms. The third-order valence-electron chi connectivity index (χ3n) is 3.50. The van der Waals surface area contributed by atoms with Crippen LogP contribution in [0, 0.1) is 12.7 Å². The zero-order valence-electron chi connectivity index (χ0n) is 14.7. The zero-order valence-corrected chi connectivity index (χ0v) is 14.7. The van der Waals surface area contributed by atoms with Crippen LogP contribution in [0.4, 0.5) is 10.1 Å². The Hall–Kier alpha value is -2.76. The first-order valence-corrected chi connectivity index (χ1v) is 7.84. The number of halogens is 1. The average molecular weight is 344 g/mol. The number of nitrogens with two attached hydrogens (primary N) is 1. The van der Waals surface area contributed by atoms with Crippen molar-refractivity contribution < 1.29 is 18.7 Å². The average Bonchev–Trinajstić information content (AvgIpc) is 2.50. The number of nitrogens with zero attached hydrogens (tertiary/aromatic N) is 1. The fourth-order valence-corrected chi connectivity index (χ4v) is 2.25. The van der Waals surface area contributed by atoms with Gasteiger partial charge in [-0.15, -0.1) is 0 Å². The van der Waals surface area contributed by atoms with Crippen molar-refractivity contribution in [1.82, 2.24) is 4.98 Å². The van der Waals surface area contributed by atoms with E-state index in [1.165, 1.54) is 24.4 Å². The lowest BCUT2D eigenvalue weighted by Crippen LogP contribution is -2.25. The standard InChI is InChI=1S/C19H21FN2O3/c1-11-9-12(5-6-14(11)20)15(23)10-13-7-8-22-17(16(13)21)18(24)25-19(2,3)4/h5-9H,10,21H2,1-4H3. The van der Waals surface area contributed by atoms with Crippen LogP contribution in [0.15, 0.2) is 30.5 Å². The van der Waals surface area contributed by atoms with Crippen molar-refractivity contribution in [2.75, 3.05) is 5.73 Å². The summed E-state index contributed by atoms with van der Waals surface area (Å²) in [6, 6.07) is 5.75. The minimum absolute atomic E-state index is 0.0180. The molecule has 25 heavy (non-hydrogen) atoms. The number of benzene rings is 1. The third kappa shape index (κ3) is 4.62. The van der Waals surface area contributed by atoms with Crippen LogP contribution in [-0.4, -0.2) is 22.3 Å². The van der Waals surface area contributed by atoms with Gasteiger partial charge in [-0.1, -0.05) is 0 Å². The van der Waals surface area contributed by atoms with Crippen LogP contribution in [0.25, 0.3) is 0 Å². The van der Waals surface area contributed by atoms with Gasteiger partial charge < -0.3 is 10.5 Å². The second kappa shape index (κ2) is 7.01. The number of aromatic nitrogens is 1. The van der Waals surface area contributed by atoms with Crippen molar-refractivity contribution in [3.05, 3.63) is 58.7 Å². The second-order valence-corrected chi connectivity index (χ2v) is 6.80. The van der Waals surface area contributed by atoms with Gasteiger partial charge in [0.05, 0.1) is 5.69 Å². The van der Waals surface area contributed by atoms with Crippen molar-refractivity contribution in [3.63, 3.8) is 0 Å². The van der Waals surface area contributed by atoms with Gasteiger partial charge in [0.15, 0.2) is 11.5 Å². The lowest BCUT2D eigenvalue weighted by Gasteiger charge is -2.20. The molecule has 0 aliphatic heterocycles. The summed E-state index contributed by atoms with van der Waals surface area (Å²) in [5, 5.41) is 0. The molecule has 0 aliphatic rings. The summed E-state index contributed by atoms with van der Waals surface area (Å²) in [5.74, 6) is -1.24. The number of ketones is 1. The maximum absolute atomic E-state index is 13.3. The van der Waals surface area contributed by atoms with Gasteiger partial charge in [-0.05, 0) is 63.1 Å². The number of nitrogen functional groups attached to an aromatic ring is 1. The molecular formula is C19H21FN2O3. The van der Waals surface area contributed by atoms with Gasteiger partial charge in [0.1, 0.15) is 11.4 Å². The lowest BCUT2D eigenvalue weighted by atomic mass is 10.00. The maximum atomic E-state index is 13.3. The van der Waals surface area contributed by atoms with Gasteiger partial charge in [-0.2, -0.15) is 0 Å². The first-order chi connectivity index (χ1) is 11.6. The summed E-state index contributed by atoms with van der Waals surface area (Å²) in [6.07, 6.45) is 1.39. The van der Waals surface area contributed by atoms with Gasteiger partial charge in [0, 0.05) is 18.2 Å². The van der Waals surface area contributed by atoms with Crippen LogP contribution in [-0.2, 0) is 11.2 Å². The van der Waals surface area contributed by atoms with E-state index in [-0.39, 0.29) is 29.4 Å². The van der Waals surface area contributed by atoms with E-state index in [2.05, 4.69) is 4.98 Å². The van der Waals surface area contributed by atoms with Crippen LogP contribution in [0.5, 0.6) is 0 Å². The molecule has 2 aromatic rings. The number of Topliss-reactive ketones (excluding diaryl/α,β-unsaturated/α-hetero) is 1. The predicted molar refractivity (Wildman–Crippen MR) is 93.0 cm³/mol. The highest BCUT2D eigenvalue weighted by molar-refractivity contribution is 6.00. The highest BCUT2D eigenvalue weighted by Crippen LogP contribution is 2.21. The molecule has 0 amide bonds. The molecule has 0 aliphatic carbocycles. The molecular weight excluding hydrogens is 323 g/mol. The Bertz CT molecular complexity index is 826. The summed E-state index contributed by atoms with van der Waals surface area (Å²) in [7, 11) is 0. The highest BCUT2D eigenvalue weighted by Gasteiger charge is 2.23. The summed E-state index contributed by atoms with van der Waals surface area (Å²) in [4.78, 5) is 28.6. The van der Waals surface area contributed by atoms with Gasteiger partial charge in [0.25, 0.3) is 0 Å². The molecule has 1 heterocycles. The maximum Gasteiger partial charge on any atom is 0.359 e. The van der Waals surface area contributed by atoms with Crippen molar-refractivity contribution in [3.8, 4) is 0 Å². The molecule has 0 atom stereocenters. The Balaban J connectivity index is 2.25. The largest absolute Gasteiger partial charge is 0.455 e. The number of anilines is 1. The molecule has 2 N–H and O–H groups in total. The minimum Gasteiger partial charge on any atom is -0.455 e. The number of hydrogen-bond acceptors (Lipinski definition) is 5. The van der Waals surface area contributed by atoms with Gasteiger partial charge >= 0.3 is 5.97 Å². The fraction of sp³-hybridized carbons (Fsp3) is 0.316. The number of rotatable bonds is 4. The number of esters is 1. The lowest BCUT2D eigenvalue weighted by molar-refractivity contribution is 0.00639. The summed E-state index contributed by atoms with van der Waals surface area (Å²) >= 11 is 0. The van der Waals surface area contributed by atoms with Crippen molar-refractivity contribution in [2.24, 2.45) is 0 Å². The fourth-order valence-electron chi connectivity index (χ4n) is 2.25. The van der Waals surface area contributed by atoms with E-state index in [4.69, 9.17) is 10.5 Å². The number of aryl methyl sites for hydroxylation is 1. The van der Waals surface area contributed by atoms with E-state index in [9.17, 15) is 14.0 Å². The van der Waals surface area contributed by atoms with Gasteiger partial charge in [-0.25, -0.2) is 14.2 Å². The molecule has 5 nitrogen and oxygen atoms in total. The molecule has 0 spiro atoms. The van der Waals surface area contributed by atoms with Crippen LogP contribution in [0.1, 0.15) is 52.7 Å². The summed E-state index contributed by atoms with van der Waals surface area (Å²) in [6.45, 7) is 6.82. The molecule has 1 aromatic heterocycles. The van der Waals surface area contributed by atoms with Crippen LogP contribution >= 0.6 is 0 Å². The first kappa shape index (κ1) is 18.6. The number of ether oxygens (including phenoxy) is 1.